The number of anilines is 1. The highest BCUT2D eigenvalue weighted by Crippen LogP contribution is 2.38. The van der Waals surface area contributed by atoms with E-state index in [0.29, 0.717) is 11.3 Å². The van der Waals surface area contributed by atoms with E-state index in [0.717, 1.165) is 16.2 Å². The Labute approximate surface area is 116 Å². The van der Waals surface area contributed by atoms with Crippen LogP contribution in [-0.2, 0) is 0 Å². The van der Waals surface area contributed by atoms with Gasteiger partial charge in [-0.2, -0.15) is 0 Å². The molecule has 0 saturated carbocycles. The Balaban J connectivity index is 2.39. The molecule has 0 bridgehead atoms. The summed E-state index contributed by atoms with van der Waals surface area (Å²) < 4.78 is 0. The average molecular weight is 259 g/mol. The Bertz CT molecular complexity index is 969. The highest BCUT2D eigenvalue weighted by Gasteiger charge is 2.15. The van der Waals surface area contributed by atoms with Crippen LogP contribution in [0.25, 0.3) is 32.3 Å². The Morgan fingerprint density at radius 1 is 0.900 bits per heavy atom. The summed E-state index contributed by atoms with van der Waals surface area (Å²) in [5, 5.41) is 6.79. The average Bonchev–Trinajstić information content (AvgIpc) is 2.43. The molecule has 2 nitrogen and oxygen atoms in total. The molecular formula is C18H13NO. The first-order chi connectivity index (χ1) is 9.66. The lowest BCUT2D eigenvalue weighted by Gasteiger charge is -2.14. The summed E-state index contributed by atoms with van der Waals surface area (Å²) in [6.07, 6.45) is 0. The topological polar surface area (TPSA) is 43.1 Å². The molecule has 0 spiro atoms. The number of nitrogen functional groups attached to an aromatic ring is 1. The molecule has 0 aliphatic heterocycles. The van der Waals surface area contributed by atoms with Crippen molar-refractivity contribution < 1.29 is 4.79 Å². The molecule has 0 radical (unpaired) electrons. The molecule has 0 aromatic heterocycles. The summed E-state index contributed by atoms with van der Waals surface area (Å²) in [6.45, 7) is 1.57. The summed E-state index contributed by atoms with van der Waals surface area (Å²) in [6, 6.07) is 16.4. The van der Waals surface area contributed by atoms with Crippen LogP contribution in [0.5, 0.6) is 0 Å². The van der Waals surface area contributed by atoms with E-state index < -0.39 is 0 Å². The second kappa shape index (κ2) is 3.70. The number of benzene rings is 4. The normalized spacial score (nSPS) is 11.7. The largest absolute Gasteiger partial charge is 0.398 e. The number of nitrogens with two attached hydrogens (primary N) is 1. The van der Waals surface area contributed by atoms with Crippen LogP contribution in [0.3, 0.4) is 0 Å². The van der Waals surface area contributed by atoms with Crippen molar-refractivity contribution in [2.45, 2.75) is 6.92 Å². The first-order valence-corrected chi connectivity index (χ1v) is 6.64. The highest BCUT2D eigenvalue weighted by atomic mass is 16.1. The summed E-state index contributed by atoms with van der Waals surface area (Å²) >= 11 is 0. The minimum atomic E-state index is 0.0143. The van der Waals surface area contributed by atoms with Gasteiger partial charge in [-0.1, -0.05) is 42.5 Å². The number of hydrogen-bond donors (Lipinski definition) is 1. The van der Waals surface area contributed by atoms with Crippen molar-refractivity contribution in [3.63, 3.8) is 0 Å². The maximum atomic E-state index is 11.9. The van der Waals surface area contributed by atoms with Gasteiger partial charge in [-0.3, -0.25) is 4.79 Å². The fraction of sp³-hybridized carbons (Fsp3) is 0.0556. The van der Waals surface area contributed by atoms with Crippen LogP contribution in [0, 0.1) is 0 Å². The standard InChI is InChI=1S/C18H13NO/c1-10(20)16-14-8-7-12-4-2-3-11-5-6-13(9-15(16)19)18(14)17(11)12/h2-9H,19H2,1H3. The second-order valence-electron chi connectivity index (χ2n) is 5.25. The third-order valence-electron chi connectivity index (χ3n) is 4.03. The summed E-state index contributed by atoms with van der Waals surface area (Å²) in [7, 11) is 0. The van der Waals surface area contributed by atoms with E-state index in [9.17, 15) is 4.79 Å². The Morgan fingerprint density at radius 2 is 1.55 bits per heavy atom. The third kappa shape index (κ3) is 1.31. The molecule has 0 atom stereocenters. The number of Topliss-reactive ketones (excluding diaryl/α,β-unsaturated/α-hetero) is 1. The van der Waals surface area contributed by atoms with E-state index in [1.165, 1.54) is 16.2 Å². The first kappa shape index (κ1) is 11.2. The van der Waals surface area contributed by atoms with E-state index in [2.05, 4.69) is 36.4 Å². The van der Waals surface area contributed by atoms with E-state index in [4.69, 9.17) is 5.73 Å². The number of hydrogen-bond acceptors (Lipinski definition) is 2. The molecule has 0 aliphatic carbocycles. The lowest BCUT2D eigenvalue weighted by molar-refractivity contribution is 0.102. The molecule has 0 aliphatic rings. The van der Waals surface area contributed by atoms with Crippen LogP contribution in [0.2, 0.25) is 0 Å². The van der Waals surface area contributed by atoms with Crippen molar-refractivity contribution in [1.29, 1.82) is 0 Å². The lowest BCUT2D eigenvalue weighted by Crippen LogP contribution is -2.01. The fourth-order valence-electron chi connectivity index (χ4n) is 3.23. The number of carbonyl (C=O) groups is 1. The number of rotatable bonds is 1. The van der Waals surface area contributed by atoms with Gasteiger partial charge < -0.3 is 5.73 Å². The molecule has 0 heterocycles. The van der Waals surface area contributed by atoms with Crippen molar-refractivity contribution in [2.75, 3.05) is 5.73 Å². The maximum absolute atomic E-state index is 11.9. The highest BCUT2D eigenvalue weighted by molar-refractivity contribution is 6.27. The predicted molar refractivity (Wildman–Crippen MR) is 84.6 cm³/mol. The molecule has 2 heteroatoms. The van der Waals surface area contributed by atoms with Crippen molar-refractivity contribution >= 4 is 43.8 Å². The van der Waals surface area contributed by atoms with Gasteiger partial charge in [0.1, 0.15) is 0 Å². The molecule has 4 rings (SSSR count). The molecule has 0 amide bonds. The van der Waals surface area contributed by atoms with Gasteiger partial charge >= 0.3 is 0 Å². The maximum Gasteiger partial charge on any atom is 0.162 e. The molecule has 20 heavy (non-hydrogen) atoms. The Morgan fingerprint density at radius 3 is 2.25 bits per heavy atom. The minimum Gasteiger partial charge on any atom is -0.398 e. The van der Waals surface area contributed by atoms with Crippen LogP contribution in [0.1, 0.15) is 17.3 Å². The molecule has 0 unspecified atom stereocenters. The van der Waals surface area contributed by atoms with E-state index >= 15 is 0 Å². The van der Waals surface area contributed by atoms with E-state index in [-0.39, 0.29) is 5.78 Å². The van der Waals surface area contributed by atoms with Crippen molar-refractivity contribution in [1.82, 2.24) is 0 Å². The predicted octanol–water partition coefficient (Wildman–Crippen LogP) is 4.37. The van der Waals surface area contributed by atoms with Gasteiger partial charge in [-0.25, -0.2) is 0 Å². The van der Waals surface area contributed by atoms with Crippen LogP contribution < -0.4 is 5.73 Å². The summed E-state index contributed by atoms with van der Waals surface area (Å²) in [4.78, 5) is 11.9. The molecule has 4 aromatic rings. The molecule has 0 saturated heterocycles. The van der Waals surface area contributed by atoms with Gasteiger partial charge in [-0.05, 0) is 45.3 Å². The minimum absolute atomic E-state index is 0.0143. The lowest BCUT2D eigenvalue weighted by atomic mass is 9.90. The number of carbonyl (C=O) groups excluding carboxylic acids is 1. The second-order valence-corrected chi connectivity index (χ2v) is 5.25. The molecule has 0 fully saturated rings. The fourth-order valence-corrected chi connectivity index (χ4v) is 3.23. The van der Waals surface area contributed by atoms with Crippen molar-refractivity contribution in [2.24, 2.45) is 0 Å². The third-order valence-corrected chi connectivity index (χ3v) is 4.03. The molecule has 96 valence electrons. The Kier molecular flexibility index (Phi) is 2.08. The van der Waals surface area contributed by atoms with Gasteiger partial charge in [0.2, 0.25) is 0 Å². The number of ketones is 1. The zero-order valence-electron chi connectivity index (χ0n) is 11.1. The zero-order chi connectivity index (χ0) is 13.9. The monoisotopic (exact) mass is 259 g/mol. The van der Waals surface area contributed by atoms with E-state index in [1.54, 1.807) is 6.92 Å². The van der Waals surface area contributed by atoms with E-state index in [1.807, 2.05) is 12.1 Å². The summed E-state index contributed by atoms with van der Waals surface area (Å²) in [5.41, 5.74) is 7.27. The van der Waals surface area contributed by atoms with Crippen molar-refractivity contribution in [3.05, 3.63) is 54.1 Å². The molecular weight excluding hydrogens is 246 g/mol. The van der Waals surface area contributed by atoms with Crippen LogP contribution in [0.4, 0.5) is 5.69 Å². The first-order valence-electron chi connectivity index (χ1n) is 6.64. The van der Waals surface area contributed by atoms with Crippen molar-refractivity contribution in [3.8, 4) is 0 Å². The SMILES string of the molecule is CC(=O)c1c(N)cc2ccc3cccc4ccc1c2c34. The van der Waals surface area contributed by atoms with Gasteiger partial charge in [0.15, 0.2) is 5.78 Å². The Hall–Kier alpha value is -2.61. The summed E-state index contributed by atoms with van der Waals surface area (Å²) in [5.74, 6) is 0.0143. The zero-order valence-corrected chi connectivity index (χ0v) is 11.1. The van der Waals surface area contributed by atoms with Crippen LogP contribution in [-0.4, -0.2) is 5.78 Å². The molecule has 2 N–H and O–H groups in total. The van der Waals surface area contributed by atoms with Gasteiger partial charge in [-0.15, -0.1) is 0 Å². The van der Waals surface area contributed by atoms with Crippen LogP contribution >= 0.6 is 0 Å². The molecule has 4 aromatic carbocycles. The van der Waals surface area contributed by atoms with Gasteiger partial charge in [0.25, 0.3) is 0 Å². The quantitative estimate of drug-likeness (QED) is 0.313. The van der Waals surface area contributed by atoms with Gasteiger partial charge in [0, 0.05) is 11.3 Å². The van der Waals surface area contributed by atoms with Crippen LogP contribution in [0.15, 0.2) is 48.5 Å². The van der Waals surface area contributed by atoms with Gasteiger partial charge in [0.05, 0.1) is 0 Å². The smallest absolute Gasteiger partial charge is 0.162 e.